The van der Waals surface area contributed by atoms with E-state index < -0.39 is 47.8 Å². The summed E-state index contributed by atoms with van der Waals surface area (Å²) in [7, 11) is -9.42. The molecular formula is C16H15FN2O6S2. The number of para-hydroxylation sites is 1. The van der Waals surface area contributed by atoms with Crippen LogP contribution in [0.1, 0.15) is 17.2 Å². The molecule has 0 aliphatic heterocycles. The highest BCUT2D eigenvalue weighted by Gasteiger charge is 2.48. The minimum Gasteiger partial charge on any atom is -0.258 e. The maximum Gasteiger partial charge on any atom is 0.289 e. The Labute approximate surface area is 155 Å². The Hall–Kier alpha value is -2.37. The van der Waals surface area contributed by atoms with Crippen molar-refractivity contribution in [3.63, 3.8) is 0 Å². The van der Waals surface area contributed by atoms with Crippen molar-refractivity contribution in [2.75, 3.05) is 6.26 Å². The Morgan fingerprint density at radius 3 is 2.30 bits per heavy atom. The van der Waals surface area contributed by atoms with Gasteiger partial charge in [-0.2, -0.15) is 0 Å². The fourth-order valence-corrected chi connectivity index (χ4v) is 6.95. The number of halogens is 1. The predicted molar refractivity (Wildman–Crippen MR) is 94.7 cm³/mol. The van der Waals surface area contributed by atoms with E-state index in [9.17, 15) is 31.3 Å². The molecule has 0 fully saturated rings. The van der Waals surface area contributed by atoms with Gasteiger partial charge in [0.25, 0.3) is 15.7 Å². The van der Waals surface area contributed by atoms with Crippen molar-refractivity contribution >= 4 is 25.7 Å². The van der Waals surface area contributed by atoms with Crippen LogP contribution in [0, 0.1) is 10.1 Å². The number of nitro benzene ring substituents is 1. The lowest BCUT2D eigenvalue weighted by Gasteiger charge is -2.27. The molecule has 0 saturated carbocycles. The van der Waals surface area contributed by atoms with Crippen molar-refractivity contribution in [1.82, 2.24) is 3.71 Å². The summed E-state index contributed by atoms with van der Waals surface area (Å²) >= 11 is 0. The molecule has 1 aliphatic rings. The number of fused-ring (bicyclic) bond motifs is 1. The molecule has 11 heteroatoms. The molecule has 0 N–H and O–H groups in total. The van der Waals surface area contributed by atoms with Crippen LogP contribution >= 0.6 is 0 Å². The van der Waals surface area contributed by atoms with E-state index in [1.807, 2.05) is 0 Å². The number of hydrogen-bond acceptors (Lipinski definition) is 6. The van der Waals surface area contributed by atoms with Crippen molar-refractivity contribution in [3.05, 3.63) is 69.8 Å². The summed E-state index contributed by atoms with van der Waals surface area (Å²) in [6.07, 6.45) is -1.33. The van der Waals surface area contributed by atoms with E-state index in [-0.39, 0.29) is 15.7 Å². The van der Waals surface area contributed by atoms with E-state index in [1.165, 1.54) is 18.2 Å². The third-order valence-corrected chi connectivity index (χ3v) is 8.15. The Morgan fingerprint density at radius 2 is 1.67 bits per heavy atom. The van der Waals surface area contributed by atoms with Crippen molar-refractivity contribution in [3.8, 4) is 0 Å². The molecule has 2 unspecified atom stereocenters. The van der Waals surface area contributed by atoms with Crippen LogP contribution in [0.15, 0.2) is 53.4 Å². The van der Waals surface area contributed by atoms with Gasteiger partial charge in [-0.25, -0.2) is 21.2 Å². The Morgan fingerprint density at radius 1 is 1.07 bits per heavy atom. The zero-order valence-corrected chi connectivity index (χ0v) is 15.7. The first kappa shape index (κ1) is 19.4. The van der Waals surface area contributed by atoms with Gasteiger partial charge in [0, 0.05) is 12.5 Å². The summed E-state index contributed by atoms with van der Waals surface area (Å²) in [5, 5.41) is 11.2. The van der Waals surface area contributed by atoms with Gasteiger partial charge in [0.05, 0.1) is 17.2 Å². The first-order valence-electron chi connectivity index (χ1n) is 7.75. The highest BCUT2D eigenvalue weighted by Crippen LogP contribution is 2.42. The molecule has 2 aromatic carbocycles. The van der Waals surface area contributed by atoms with Crippen LogP contribution in [0.25, 0.3) is 0 Å². The summed E-state index contributed by atoms with van der Waals surface area (Å²) in [5.41, 5.74) is -0.0770. The second kappa shape index (κ2) is 6.66. The van der Waals surface area contributed by atoms with Crippen molar-refractivity contribution in [2.45, 2.75) is 23.5 Å². The number of hydrogen-bond donors (Lipinski definition) is 0. The van der Waals surface area contributed by atoms with Crippen LogP contribution in [0.3, 0.4) is 0 Å². The quantitative estimate of drug-likeness (QED) is 0.547. The van der Waals surface area contributed by atoms with E-state index in [0.29, 0.717) is 11.8 Å². The summed E-state index contributed by atoms with van der Waals surface area (Å²) in [5.74, 6) is 0. The molecule has 27 heavy (non-hydrogen) atoms. The van der Waals surface area contributed by atoms with Gasteiger partial charge in [-0.15, -0.1) is 0 Å². The Bertz CT molecular complexity index is 1120. The van der Waals surface area contributed by atoms with E-state index in [0.717, 1.165) is 12.1 Å². The van der Waals surface area contributed by atoms with Gasteiger partial charge in [-0.3, -0.25) is 10.1 Å². The largest absolute Gasteiger partial charge is 0.289 e. The van der Waals surface area contributed by atoms with Gasteiger partial charge in [0.15, 0.2) is 4.90 Å². The van der Waals surface area contributed by atoms with E-state index >= 15 is 0 Å². The maximum absolute atomic E-state index is 14.8. The fourth-order valence-electron chi connectivity index (χ4n) is 3.23. The summed E-state index contributed by atoms with van der Waals surface area (Å²) < 4.78 is 65.8. The molecule has 2 atom stereocenters. The molecule has 0 bridgehead atoms. The van der Waals surface area contributed by atoms with Gasteiger partial charge in [0.1, 0.15) is 6.17 Å². The molecule has 144 valence electrons. The van der Waals surface area contributed by atoms with E-state index in [4.69, 9.17) is 0 Å². The Balaban J connectivity index is 2.26. The zero-order valence-electron chi connectivity index (χ0n) is 14.0. The van der Waals surface area contributed by atoms with Gasteiger partial charge in [0.2, 0.25) is 10.0 Å². The van der Waals surface area contributed by atoms with Crippen LogP contribution < -0.4 is 0 Å². The van der Waals surface area contributed by atoms with Crippen LogP contribution in [0.4, 0.5) is 10.1 Å². The fraction of sp³-hybridized carbons (Fsp3) is 0.250. The average Bonchev–Trinajstić information content (AvgIpc) is 2.89. The molecule has 0 heterocycles. The number of rotatable bonds is 5. The van der Waals surface area contributed by atoms with Gasteiger partial charge >= 0.3 is 0 Å². The molecule has 8 nitrogen and oxygen atoms in total. The molecule has 1 aliphatic carbocycles. The normalized spacial score (nSPS) is 19.8. The molecular weight excluding hydrogens is 399 g/mol. The molecule has 0 amide bonds. The second-order valence-corrected chi connectivity index (χ2v) is 9.96. The summed E-state index contributed by atoms with van der Waals surface area (Å²) in [6, 6.07) is 8.95. The van der Waals surface area contributed by atoms with Gasteiger partial charge in [-0.05, 0) is 17.2 Å². The van der Waals surface area contributed by atoms with E-state index in [2.05, 4.69) is 0 Å². The Kier molecular flexibility index (Phi) is 4.78. The number of benzene rings is 2. The SMILES string of the molecule is CS(=O)(=O)N(C1c2ccccc2CC1F)S(=O)(=O)c1ccccc1[N+](=O)[O-]. The first-order chi connectivity index (χ1) is 12.5. The lowest BCUT2D eigenvalue weighted by atomic mass is 10.1. The third-order valence-electron chi connectivity index (χ3n) is 4.26. The molecule has 3 rings (SSSR count). The monoisotopic (exact) mass is 414 g/mol. The standard InChI is InChI=1S/C16H15FN2O6S2/c1-26(22,23)19(16-12-7-3-2-6-11(12)10-13(16)17)27(24,25)15-9-5-4-8-14(15)18(20)21/h2-9,13,16H,10H2,1H3. The second-order valence-electron chi connectivity index (χ2n) is 6.08. The topological polar surface area (TPSA) is 115 Å². The van der Waals surface area contributed by atoms with E-state index in [1.54, 1.807) is 18.2 Å². The molecule has 0 spiro atoms. The van der Waals surface area contributed by atoms with Crippen LogP contribution in [-0.4, -0.2) is 37.9 Å². The van der Waals surface area contributed by atoms with Crippen LogP contribution in [-0.2, 0) is 26.5 Å². The van der Waals surface area contributed by atoms with Gasteiger partial charge < -0.3 is 0 Å². The lowest BCUT2D eigenvalue weighted by Crippen LogP contribution is -2.41. The van der Waals surface area contributed by atoms with Gasteiger partial charge in [-0.1, -0.05) is 40.1 Å². The third kappa shape index (κ3) is 3.33. The number of nitro groups is 1. The molecule has 0 aromatic heterocycles. The highest BCUT2D eigenvalue weighted by molar-refractivity contribution is 8.03. The highest BCUT2D eigenvalue weighted by atomic mass is 32.3. The molecule has 0 radical (unpaired) electrons. The summed E-state index contributed by atoms with van der Waals surface area (Å²) in [6.45, 7) is 0. The minimum absolute atomic E-state index is 0.0544. The van der Waals surface area contributed by atoms with Crippen molar-refractivity contribution in [1.29, 1.82) is 0 Å². The number of sulfonamides is 2. The molecule has 0 saturated heterocycles. The van der Waals surface area contributed by atoms with Crippen LogP contribution in [0.2, 0.25) is 0 Å². The average molecular weight is 414 g/mol. The predicted octanol–water partition coefficient (Wildman–Crippen LogP) is 2.18. The van der Waals surface area contributed by atoms with Crippen LogP contribution in [0.5, 0.6) is 0 Å². The van der Waals surface area contributed by atoms with Crippen molar-refractivity contribution < 1.29 is 26.1 Å². The lowest BCUT2D eigenvalue weighted by molar-refractivity contribution is -0.387. The number of alkyl halides is 1. The molecule has 2 aromatic rings. The number of nitrogens with zero attached hydrogens (tertiary/aromatic N) is 2. The first-order valence-corrected chi connectivity index (χ1v) is 11.0. The smallest absolute Gasteiger partial charge is 0.258 e. The van der Waals surface area contributed by atoms with Crippen molar-refractivity contribution in [2.24, 2.45) is 0 Å². The minimum atomic E-state index is -4.93. The zero-order chi connectivity index (χ0) is 20.0. The maximum atomic E-state index is 14.8. The summed E-state index contributed by atoms with van der Waals surface area (Å²) in [4.78, 5) is 9.49.